The lowest BCUT2D eigenvalue weighted by Crippen LogP contribution is -2.46. The normalized spacial score (nSPS) is 20.8. The van der Waals surface area contributed by atoms with Crippen molar-refractivity contribution in [2.75, 3.05) is 19.6 Å². The standard InChI is InChI=1S/C14H20N2O3S/c1-12-6-5-9-16(11-12)20(18,19)15-10-14(17)13-7-3-2-4-8-13/h2-4,7-8,12,15H,5-6,9-11H2,1H3. The molecule has 1 aliphatic rings. The van der Waals surface area contributed by atoms with Crippen molar-refractivity contribution in [1.29, 1.82) is 0 Å². The van der Waals surface area contributed by atoms with Crippen LogP contribution in [0.25, 0.3) is 0 Å². The fourth-order valence-electron chi connectivity index (χ4n) is 2.34. The number of nitrogens with one attached hydrogen (secondary N) is 1. The van der Waals surface area contributed by atoms with Crippen LogP contribution in [0.15, 0.2) is 30.3 Å². The number of Topliss-reactive ketones (excluding diaryl/α,β-unsaturated/α-hetero) is 1. The first-order valence-electron chi connectivity index (χ1n) is 6.82. The fraction of sp³-hybridized carbons (Fsp3) is 0.500. The summed E-state index contributed by atoms with van der Waals surface area (Å²) in [6, 6.07) is 8.69. The van der Waals surface area contributed by atoms with Crippen molar-refractivity contribution in [3.63, 3.8) is 0 Å². The Bertz CT molecular complexity index is 557. The number of piperidine rings is 1. The maximum Gasteiger partial charge on any atom is 0.279 e. The van der Waals surface area contributed by atoms with Crippen LogP contribution in [-0.2, 0) is 10.2 Å². The Balaban J connectivity index is 1.94. The number of carbonyl (C=O) groups excluding carboxylic acids is 1. The van der Waals surface area contributed by atoms with Gasteiger partial charge in [0.25, 0.3) is 10.2 Å². The Morgan fingerprint density at radius 2 is 2.05 bits per heavy atom. The molecular formula is C14H20N2O3S. The van der Waals surface area contributed by atoms with Gasteiger partial charge in [0, 0.05) is 18.7 Å². The lowest BCUT2D eigenvalue weighted by Gasteiger charge is -2.29. The van der Waals surface area contributed by atoms with Crippen molar-refractivity contribution >= 4 is 16.0 Å². The first kappa shape index (κ1) is 15.2. The highest BCUT2D eigenvalue weighted by atomic mass is 32.2. The Labute approximate surface area is 120 Å². The molecule has 20 heavy (non-hydrogen) atoms. The summed E-state index contributed by atoms with van der Waals surface area (Å²) in [5.74, 6) is 0.143. The van der Waals surface area contributed by atoms with Crippen molar-refractivity contribution in [3.05, 3.63) is 35.9 Å². The molecule has 1 saturated heterocycles. The van der Waals surface area contributed by atoms with Gasteiger partial charge in [-0.15, -0.1) is 0 Å². The molecular weight excluding hydrogens is 276 g/mol. The Kier molecular flexibility index (Phi) is 4.91. The highest BCUT2D eigenvalue weighted by molar-refractivity contribution is 7.87. The van der Waals surface area contributed by atoms with E-state index in [0.717, 1.165) is 12.8 Å². The molecule has 2 rings (SSSR count). The molecule has 1 atom stereocenters. The first-order valence-corrected chi connectivity index (χ1v) is 8.26. The number of hydrogen-bond acceptors (Lipinski definition) is 3. The molecule has 0 amide bonds. The van der Waals surface area contributed by atoms with Gasteiger partial charge in [-0.3, -0.25) is 4.79 Å². The van der Waals surface area contributed by atoms with Gasteiger partial charge in [-0.2, -0.15) is 17.4 Å². The van der Waals surface area contributed by atoms with Gasteiger partial charge >= 0.3 is 0 Å². The zero-order valence-electron chi connectivity index (χ0n) is 11.6. The number of rotatable bonds is 5. The van der Waals surface area contributed by atoms with E-state index in [1.165, 1.54) is 4.31 Å². The molecule has 0 bridgehead atoms. The summed E-state index contributed by atoms with van der Waals surface area (Å²) in [4.78, 5) is 11.9. The van der Waals surface area contributed by atoms with E-state index in [1.807, 2.05) is 13.0 Å². The van der Waals surface area contributed by atoms with E-state index in [9.17, 15) is 13.2 Å². The molecule has 1 unspecified atom stereocenters. The molecule has 5 nitrogen and oxygen atoms in total. The van der Waals surface area contributed by atoms with Crippen molar-refractivity contribution < 1.29 is 13.2 Å². The third-order valence-corrected chi connectivity index (χ3v) is 4.99. The monoisotopic (exact) mass is 296 g/mol. The molecule has 1 aliphatic heterocycles. The van der Waals surface area contributed by atoms with E-state index < -0.39 is 10.2 Å². The van der Waals surface area contributed by atoms with Crippen LogP contribution < -0.4 is 4.72 Å². The maximum atomic E-state index is 12.1. The number of hydrogen-bond donors (Lipinski definition) is 1. The number of nitrogens with zero attached hydrogens (tertiary/aromatic N) is 1. The lowest BCUT2D eigenvalue weighted by molar-refractivity contribution is 0.0996. The van der Waals surface area contributed by atoms with Gasteiger partial charge in [0.2, 0.25) is 0 Å². The second-order valence-electron chi connectivity index (χ2n) is 5.22. The quantitative estimate of drug-likeness (QED) is 0.836. The molecule has 0 radical (unpaired) electrons. The Hall–Kier alpha value is -1.24. The maximum absolute atomic E-state index is 12.1. The Morgan fingerprint density at radius 3 is 2.70 bits per heavy atom. The van der Waals surface area contributed by atoms with Gasteiger partial charge in [0.15, 0.2) is 5.78 Å². The summed E-state index contributed by atoms with van der Waals surface area (Å²) in [5.41, 5.74) is 0.516. The molecule has 0 spiro atoms. The summed E-state index contributed by atoms with van der Waals surface area (Å²) in [7, 11) is -3.56. The minimum atomic E-state index is -3.56. The molecule has 110 valence electrons. The summed E-state index contributed by atoms with van der Waals surface area (Å²) in [6.07, 6.45) is 1.92. The van der Waals surface area contributed by atoms with Gasteiger partial charge in [0.1, 0.15) is 0 Å². The van der Waals surface area contributed by atoms with Crippen LogP contribution in [0.5, 0.6) is 0 Å². The van der Waals surface area contributed by atoms with E-state index in [2.05, 4.69) is 4.72 Å². The summed E-state index contributed by atoms with van der Waals surface area (Å²) >= 11 is 0. The SMILES string of the molecule is CC1CCCN(S(=O)(=O)NCC(=O)c2ccccc2)C1. The molecule has 6 heteroatoms. The van der Waals surface area contributed by atoms with E-state index in [-0.39, 0.29) is 12.3 Å². The van der Waals surface area contributed by atoms with Crippen LogP contribution in [0, 0.1) is 5.92 Å². The molecule has 1 N–H and O–H groups in total. The molecule has 1 aromatic rings. The van der Waals surface area contributed by atoms with Crippen LogP contribution in [0.4, 0.5) is 0 Å². The molecule has 0 aromatic heterocycles. The fourth-order valence-corrected chi connectivity index (χ4v) is 3.66. The molecule has 0 aliphatic carbocycles. The van der Waals surface area contributed by atoms with Gasteiger partial charge in [0.05, 0.1) is 6.54 Å². The molecule has 1 heterocycles. The first-order chi connectivity index (χ1) is 9.49. The predicted molar refractivity (Wildman–Crippen MR) is 77.7 cm³/mol. The smallest absolute Gasteiger partial charge is 0.279 e. The minimum Gasteiger partial charge on any atom is -0.293 e. The highest BCUT2D eigenvalue weighted by Gasteiger charge is 2.27. The topological polar surface area (TPSA) is 66.5 Å². The third-order valence-electron chi connectivity index (χ3n) is 3.47. The van der Waals surface area contributed by atoms with Crippen LogP contribution in [0.1, 0.15) is 30.1 Å². The van der Waals surface area contributed by atoms with E-state index in [1.54, 1.807) is 24.3 Å². The molecule has 1 aromatic carbocycles. The van der Waals surface area contributed by atoms with Crippen molar-refractivity contribution in [2.45, 2.75) is 19.8 Å². The van der Waals surface area contributed by atoms with Gasteiger partial charge < -0.3 is 0 Å². The summed E-state index contributed by atoms with van der Waals surface area (Å²) < 4.78 is 28.1. The Morgan fingerprint density at radius 1 is 1.35 bits per heavy atom. The van der Waals surface area contributed by atoms with Gasteiger partial charge in [-0.25, -0.2) is 0 Å². The van der Waals surface area contributed by atoms with Crippen LogP contribution >= 0.6 is 0 Å². The third kappa shape index (κ3) is 3.88. The second kappa shape index (κ2) is 6.47. The van der Waals surface area contributed by atoms with Gasteiger partial charge in [-0.1, -0.05) is 37.3 Å². The van der Waals surface area contributed by atoms with Crippen LogP contribution in [0.2, 0.25) is 0 Å². The zero-order valence-corrected chi connectivity index (χ0v) is 12.4. The predicted octanol–water partition coefficient (Wildman–Crippen LogP) is 1.44. The van der Waals surface area contributed by atoms with E-state index in [4.69, 9.17) is 0 Å². The highest BCUT2D eigenvalue weighted by Crippen LogP contribution is 2.17. The van der Waals surface area contributed by atoms with Gasteiger partial charge in [-0.05, 0) is 18.8 Å². The number of benzene rings is 1. The van der Waals surface area contributed by atoms with E-state index in [0.29, 0.717) is 24.6 Å². The lowest BCUT2D eigenvalue weighted by atomic mass is 10.0. The largest absolute Gasteiger partial charge is 0.293 e. The van der Waals surface area contributed by atoms with Crippen molar-refractivity contribution in [2.24, 2.45) is 5.92 Å². The molecule has 1 fully saturated rings. The average Bonchev–Trinajstić information content (AvgIpc) is 2.46. The average molecular weight is 296 g/mol. The minimum absolute atomic E-state index is 0.197. The summed E-state index contributed by atoms with van der Waals surface area (Å²) in [5, 5.41) is 0. The van der Waals surface area contributed by atoms with Crippen molar-refractivity contribution in [1.82, 2.24) is 9.03 Å². The molecule has 0 saturated carbocycles. The number of ketones is 1. The van der Waals surface area contributed by atoms with Crippen LogP contribution in [0.3, 0.4) is 0 Å². The van der Waals surface area contributed by atoms with Crippen LogP contribution in [-0.4, -0.2) is 38.1 Å². The van der Waals surface area contributed by atoms with Crippen molar-refractivity contribution in [3.8, 4) is 0 Å². The second-order valence-corrected chi connectivity index (χ2v) is 6.98. The van der Waals surface area contributed by atoms with E-state index >= 15 is 0 Å². The number of carbonyl (C=O) groups is 1. The zero-order chi connectivity index (χ0) is 14.6. The summed E-state index contributed by atoms with van der Waals surface area (Å²) in [6.45, 7) is 2.89.